The lowest BCUT2D eigenvalue weighted by Crippen LogP contribution is -2.42. The van der Waals surface area contributed by atoms with Crippen LogP contribution in [0, 0.1) is 17.7 Å². The van der Waals surface area contributed by atoms with E-state index in [4.69, 9.17) is 15.0 Å². The third-order valence-electron chi connectivity index (χ3n) is 9.94. The summed E-state index contributed by atoms with van der Waals surface area (Å²) in [5.74, 6) is 4.11. The van der Waals surface area contributed by atoms with Crippen LogP contribution in [0.3, 0.4) is 0 Å². The summed E-state index contributed by atoms with van der Waals surface area (Å²) in [6.07, 6.45) is 16.7. The van der Waals surface area contributed by atoms with Gasteiger partial charge in [-0.05, 0) is 113 Å². The molecule has 6 aliphatic carbocycles. The first-order valence-electron chi connectivity index (χ1n) is 13.6. The summed E-state index contributed by atoms with van der Waals surface area (Å²) >= 11 is 0. The van der Waals surface area contributed by atoms with Gasteiger partial charge in [0.2, 0.25) is 0 Å². The molecule has 2 heterocycles. The summed E-state index contributed by atoms with van der Waals surface area (Å²) in [4.78, 5) is 15.6. The highest BCUT2D eigenvalue weighted by Crippen LogP contribution is 2.53. The van der Waals surface area contributed by atoms with Crippen LogP contribution < -0.4 is 0 Å². The van der Waals surface area contributed by atoms with Gasteiger partial charge in [-0.1, -0.05) is 0 Å². The van der Waals surface area contributed by atoms with Gasteiger partial charge in [0.1, 0.15) is 17.5 Å². The number of hydrogen-bond acceptors (Lipinski definition) is 4. The number of aryl methyl sites for hydroxylation is 1. The van der Waals surface area contributed by atoms with Gasteiger partial charge in [0.25, 0.3) is 0 Å². The fourth-order valence-corrected chi connectivity index (χ4v) is 7.58. The van der Waals surface area contributed by atoms with E-state index in [1.54, 1.807) is 16.8 Å². The number of benzene rings is 1. The number of rotatable bonds is 4. The second-order valence-corrected chi connectivity index (χ2v) is 11.9. The van der Waals surface area contributed by atoms with Gasteiger partial charge in [-0.3, -0.25) is 4.68 Å². The Hall–Kier alpha value is -2.63. The first-order chi connectivity index (χ1) is 17.0. The highest BCUT2D eigenvalue weighted by molar-refractivity contribution is 5.68. The molecule has 0 radical (unpaired) electrons. The number of hydrogen-bond donors (Lipinski definition) is 0. The van der Waals surface area contributed by atoms with Crippen molar-refractivity contribution in [1.29, 1.82) is 0 Å². The van der Waals surface area contributed by atoms with Crippen LogP contribution in [0.15, 0.2) is 30.5 Å². The Morgan fingerprint density at radius 3 is 1.74 bits per heavy atom. The van der Waals surface area contributed by atoms with Crippen molar-refractivity contribution in [3.05, 3.63) is 47.9 Å². The van der Waals surface area contributed by atoms with E-state index in [9.17, 15) is 4.39 Å². The Labute approximate surface area is 206 Å². The monoisotopic (exact) mass is 471 g/mol. The smallest absolute Gasteiger partial charge is 0.163 e. The second kappa shape index (κ2) is 7.94. The van der Waals surface area contributed by atoms with Crippen molar-refractivity contribution in [2.75, 3.05) is 0 Å². The van der Waals surface area contributed by atoms with Crippen LogP contribution in [0.1, 0.15) is 88.7 Å². The molecule has 182 valence electrons. The molecule has 0 saturated heterocycles. The van der Waals surface area contributed by atoms with Crippen LogP contribution in [0.2, 0.25) is 0 Å². The zero-order valence-corrected chi connectivity index (χ0v) is 20.6. The molecule has 35 heavy (non-hydrogen) atoms. The normalized spacial score (nSPS) is 31.7. The number of nitrogens with zero attached hydrogens (tertiary/aromatic N) is 5. The predicted octanol–water partition coefficient (Wildman–Crippen LogP) is 6.52. The van der Waals surface area contributed by atoms with Crippen molar-refractivity contribution in [3.63, 3.8) is 0 Å². The standard InChI is InChI=1S/C29H34FN5/c1-35-15-8-24(34-35)21-16-22(18-23(30)17-21)25-31-26(28-9-2-19(3-10-28)4-11-28)33-27(32-25)29-12-5-20(6-13-29)7-14-29/h8,15-20H,2-7,9-14H2,1H3. The van der Waals surface area contributed by atoms with E-state index < -0.39 is 0 Å². The van der Waals surface area contributed by atoms with Crippen molar-refractivity contribution in [2.45, 2.75) is 87.9 Å². The number of fused-ring (bicyclic) bond motifs is 6. The van der Waals surface area contributed by atoms with Crippen LogP contribution in [-0.4, -0.2) is 24.7 Å². The molecular formula is C29H34FN5. The summed E-state index contributed by atoms with van der Waals surface area (Å²) in [7, 11) is 1.88. The van der Waals surface area contributed by atoms with Crippen LogP contribution in [0.4, 0.5) is 4.39 Å². The van der Waals surface area contributed by atoms with Crippen molar-refractivity contribution >= 4 is 0 Å². The van der Waals surface area contributed by atoms with Gasteiger partial charge < -0.3 is 0 Å². The highest BCUT2D eigenvalue weighted by Gasteiger charge is 2.47. The molecule has 0 aliphatic heterocycles. The van der Waals surface area contributed by atoms with Crippen LogP contribution >= 0.6 is 0 Å². The summed E-state index contributed by atoms with van der Waals surface area (Å²) in [5.41, 5.74) is 2.40. The molecule has 5 nitrogen and oxygen atoms in total. The minimum atomic E-state index is -0.278. The molecule has 0 spiro atoms. The quantitative estimate of drug-likeness (QED) is 0.435. The Balaban J connectivity index is 1.38. The zero-order valence-electron chi connectivity index (χ0n) is 20.6. The van der Waals surface area contributed by atoms with Crippen LogP contribution in [-0.2, 0) is 17.9 Å². The lowest BCUT2D eigenvalue weighted by Gasteiger charge is -2.47. The molecule has 6 saturated carbocycles. The van der Waals surface area contributed by atoms with Gasteiger partial charge >= 0.3 is 0 Å². The molecule has 0 atom stereocenters. The van der Waals surface area contributed by atoms with E-state index >= 15 is 0 Å². The molecule has 6 fully saturated rings. The zero-order chi connectivity index (χ0) is 23.6. The Kier molecular flexibility index (Phi) is 4.91. The highest BCUT2D eigenvalue weighted by atomic mass is 19.1. The molecule has 0 N–H and O–H groups in total. The predicted molar refractivity (Wildman–Crippen MR) is 133 cm³/mol. The van der Waals surface area contributed by atoms with E-state index in [2.05, 4.69) is 5.10 Å². The molecule has 1 aromatic carbocycles. The van der Waals surface area contributed by atoms with E-state index in [-0.39, 0.29) is 16.6 Å². The lowest BCUT2D eigenvalue weighted by atomic mass is 9.59. The molecule has 2 aromatic heterocycles. The summed E-state index contributed by atoms with van der Waals surface area (Å²) in [6, 6.07) is 7.05. The van der Waals surface area contributed by atoms with Gasteiger partial charge in [0.15, 0.2) is 5.82 Å². The molecule has 6 heteroatoms. The van der Waals surface area contributed by atoms with E-state index in [1.807, 2.05) is 25.4 Å². The Morgan fingerprint density at radius 1 is 0.743 bits per heavy atom. The maximum atomic E-state index is 14.9. The van der Waals surface area contributed by atoms with Crippen molar-refractivity contribution in [2.24, 2.45) is 18.9 Å². The van der Waals surface area contributed by atoms with Crippen molar-refractivity contribution in [1.82, 2.24) is 24.7 Å². The number of aromatic nitrogens is 5. The molecule has 0 unspecified atom stereocenters. The van der Waals surface area contributed by atoms with Gasteiger partial charge in [0, 0.05) is 35.2 Å². The van der Waals surface area contributed by atoms with Crippen molar-refractivity contribution in [3.8, 4) is 22.6 Å². The third-order valence-corrected chi connectivity index (χ3v) is 9.94. The van der Waals surface area contributed by atoms with Crippen molar-refractivity contribution < 1.29 is 4.39 Å². The van der Waals surface area contributed by atoms with Gasteiger partial charge in [0.05, 0.1) is 5.69 Å². The van der Waals surface area contributed by atoms with Gasteiger partial charge in [-0.2, -0.15) is 5.10 Å². The molecule has 6 aliphatic rings. The maximum Gasteiger partial charge on any atom is 0.163 e. The Bertz CT molecular complexity index is 1190. The average molecular weight is 472 g/mol. The summed E-state index contributed by atoms with van der Waals surface area (Å²) in [6.45, 7) is 0. The SMILES string of the molecule is Cn1ccc(-c2cc(F)cc(-c3nc(C45CCC(CC4)CC5)nc(C45CCC(CC4)CC5)n3)c2)n1. The van der Waals surface area contributed by atoms with Crippen LogP contribution in [0.25, 0.3) is 22.6 Å². The molecule has 4 bridgehead atoms. The molecule has 0 amide bonds. The Morgan fingerprint density at radius 2 is 1.26 bits per heavy atom. The first-order valence-corrected chi connectivity index (χ1v) is 13.6. The minimum absolute atomic E-state index is 0.0703. The lowest BCUT2D eigenvalue weighted by molar-refractivity contribution is 0.117. The fraction of sp³-hybridized carbons (Fsp3) is 0.586. The third kappa shape index (κ3) is 3.63. The molecule has 9 rings (SSSR count). The van der Waals surface area contributed by atoms with Crippen LogP contribution in [0.5, 0.6) is 0 Å². The molecular weight excluding hydrogens is 437 g/mol. The summed E-state index contributed by atoms with van der Waals surface area (Å²) < 4.78 is 16.7. The minimum Gasteiger partial charge on any atom is -0.275 e. The second-order valence-electron chi connectivity index (χ2n) is 11.9. The first kappa shape index (κ1) is 21.6. The maximum absolute atomic E-state index is 14.9. The summed E-state index contributed by atoms with van der Waals surface area (Å²) in [5, 5.41) is 4.49. The largest absolute Gasteiger partial charge is 0.275 e. The average Bonchev–Trinajstić information content (AvgIpc) is 3.36. The van der Waals surface area contributed by atoms with E-state index in [1.165, 1.54) is 77.0 Å². The number of halogens is 1. The van der Waals surface area contributed by atoms with Gasteiger partial charge in [-0.25, -0.2) is 19.3 Å². The van der Waals surface area contributed by atoms with E-state index in [0.29, 0.717) is 5.82 Å². The topological polar surface area (TPSA) is 56.5 Å². The van der Waals surface area contributed by atoms with Gasteiger partial charge in [-0.15, -0.1) is 0 Å². The van der Waals surface area contributed by atoms with E-state index in [0.717, 1.165) is 40.3 Å². The molecule has 3 aromatic rings. The fourth-order valence-electron chi connectivity index (χ4n) is 7.58.